The van der Waals surface area contributed by atoms with E-state index in [1.54, 1.807) is 48.5 Å². The minimum absolute atomic E-state index is 0.0113. The summed E-state index contributed by atoms with van der Waals surface area (Å²) in [6, 6.07) is 25.0. The number of aliphatic hydroxyl groups excluding tert-OH is 1. The number of fused-ring (bicyclic) bond motifs is 1. The van der Waals surface area contributed by atoms with E-state index < -0.39 is 35.4 Å². The molecule has 0 spiro atoms. The lowest BCUT2D eigenvalue weighted by molar-refractivity contribution is -0.144. The normalized spacial score (nSPS) is 17.7. The summed E-state index contributed by atoms with van der Waals surface area (Å²) >= 11 is 7.46. The number of thiophene rings is 1. The number of β-amino-alcohol motifs (C(OH)–C–C–N with tert-alkyl or cyclic N) is 1. The van der Waals surface area contributed by atoms with Crippen LogP contribution >= 0.6 is 22.9 Å². The van der Waals surface area contributed by atoms with Crippen LogP contribution in [0.1, 0.15) is 57.1 Å². The molecule has 64 heavy (non-hydrogen) atoms. The smallest absolute Gasteiger partial charge is 0.246 e. The summed E-state index contributed by atoms with van der Waals surface area (Å²) in [5.41, 5.74) is 2.26. The number of rotatable bonds is 17. The molecular weight excluding hydrogens is 859 g/mol. The number of ether oxygens (including phenoxy) is 3. The Labute approximate surface area is 382 Å². The van der Waals surface area contributed by atoms with E-state index in [1.165, 1.54) is 33.9 Å². The van der Waals surface area contributed by atoms with Crippen LogP contribution in [-0.2, 0) is 30.4 Å². The number of nitrogens with zero attached hydrogens (tertiary/aromatic N) is 2. The van der Waals surface area contributed by atoms with Gasteiger partial charge in [-0.05, 0) is 109 Å². The number of benzene rings is 4. The number of hydrogen-bond donors (Lipinski definition) is 4. The van der Waals surface area contributed by atoms with Gasteiger partial charge < -0.3 is 44.9 Å². The number of piperidine rings is 1. The molecule has 3 amide bonds. The zero-order valence-corrected chi connectivity index (χ0v) is 37.9. The maximum Gasteiger partial charge on any atom is 0.246 e. The number of amides is 3. The van der Waals surface area contributed by atoms with Crippen LogP contribution in [0.15, 0.2) is 91.0 Å². The van der Waals surface area contributed by atoms with Crippen molar-refractivity contribution in [3.63, 3.8) is 0 Å². The van der Waals surface area contributed by atoms with E-state index in [9.17, 15) is 29.0 Å². The zero-order chi connectivity index (χ0) is 45.4. The monoisotopic (exact) mass is 914 g/mol. The fourth-order valence-corrected chi connectivity index (χ4v) is 9.48. The van der Waals surface area contributed by atoms with Crippen molar-refractivity contribution in [3.8, 4) is 27.7 Å². The van der Waals surface area contributed by atoms with E-state index in [-0.39, 0.29) is 50.2 Å². The van der Waals surface area contributed by atoms with Crippen molar-refractivity contribution in [2.45, 2.75) is 70.7 Å². The Kier molecular flexibility index (Phi) is 15.6. The van der Waals surface area contributed by atoms with Crippen molar-refractivity contribution >= 4 is 50.7 Å². The van der Waals surface area contributed by atoms with Gasteiger partial charge in [0.15, 0.2) is 5.75 Å². The third-order valence-electron chi connectivity index (χ3n) is 11.7. The molecule has 2 fully saturated rings. The highest BCUT2D eigenvalue weighted by molar-refractivity contribution is 7.22. The molecule has 0 radical (unpaired) electrons. The quantitative estimate of drug-likeness (QED) is 0.0684. The maximum absolute atomic E-state index is 13.8. The van der Waals surface area contributed by atoms with Crippen molar-refractivity contribution < 1.29 is 43.2 Å². The van der Waals surface area contributed by atoms with E-state index in [4.69, 9.17) is 25.8 Å². The predicted octanol–water partition coefficient (Wildman–Crippen LogP) is 7.88. The number of halogens is 2. The average molecular weight is 916 g/mol. The number of nitrogens with one attached hydrogen (secondary N) is 2. The van der Waals surface area contributed by atoms with E-state index in [2.05, 4.69) is 27.7 Å². The Morgan fingerprint density at radius 1 is 0.922 bits per heavy atom. The molecule has 7 rings (SSSR count). The summed E-state index contributed by atoms with van der Waals surface area (Å²) < 4.78 is 32.5. The van der Waals surface area contributed by atoms with E-state index in [0.717, 1.165) is 58.6 Å². The van der Waals surface area contributed by atoms with Gasteiger partial charge in [0, 0.05) is 41.2 Å². The molecular formula is C49H56ClFN4O8S. The van der Waals surface area contributed by atoms with Crippen molar-refractivity contribution in [2.24, 2.45) is 5.41 Å². The SMILES string of the molecule is CC(C)(C)[C@H](NC(=O)COCCOCCN1CCC(c2ccc(Oc3c(-c4ccc(F)cc4)sc4cc(O)ccc34)cc2)CC1)C(=O)N1C[C@H](O)C[C@H]1C(=O)NCc1ccc(Cl)cc1. The molecule has 340 valence electrons. The Balaban J connectivity index is 0.803. The number of phenols is 1. The lowest BCUT2D eigenvalue weighted by Gasteiger charge is -2.35. The summed E-state index contributed by atoms with van der Waals surface area (Å²) in [7, 11) is 0. The van der Waals surface area contributed by atoms with Crippen LogP contribution in [0.5, 0.6) is 17.2 Å². The van der Waals surface area contributed by atoms with E-state index >= 15 is 0 Å². The molecule has 5 aromatic rings. The van der Waals surface area contributed by atoms with E-state index in [0.29, 0.717) is 35.7 Å². The summed E-state index contributed by atoms with van der Waals surface area (Å²) in [6.07, 6.45) is 1.27. The number of aliphatic hydroxyl groups is 1. The third kappa shape index (κ3) is 12.2. The van der Waals surface area contributed by atoms with Crippen LogP contribution in [0.2, 0.25) is 5.02 Å². The Bertz CT molecular complexity index is 2370. The second-order valence-corrected chi connectivity index (χ2v) is 19.0. The Morgan fingerprint density at radius 2 is 1.62 bits per heavy atom. The minimum atomic E-state index is -0.951. The molecule has 15 heteroatoms. The molecule has 0 bridgehead atoms. The second-order valence-electron chi connectivity index (χ2n) is 17.5. The molecule has 0 unspecified atom stereocenters. The molecule has 2 saturated heterocycles. The molecule has 1 aromatic heterocycles. The summed E-state index contributed by atoms with van der Waals surface area (Å²) in [6.45, 7) is 9.18. The summed E-state index contributed by atoms with van der Waals surface area (Å²) in [5, 5.41) is 27.7. The van der Waals surface area contributed by atoms with Gasteiger partial charge in [-0.15, -0.1) is 11.3 Å². The fourth-order valence-electron chi connectivity index (χ4n) is 8.18. The van der Waals surface area contributed by atoms with Gasteiger partial charge in [-0.1, -0.05) is 68.8 Å². The largest absolute Gasteiger partial charge is 0.508 e. The van der Waals surface area contributed by atoms with E-state index in [1.807, 2.05) is 39.0 Å². The van der Waals surface area contributed by atoms with Gasteiger partial charge in [0.25, 0.3) is 0 Å². The van der Waals surface area contributed by atoms with Gasteiger partial charge in [-0.25, -0.2) is 4.39 Å². The molecule has 4 aromatic carbocycles. The van der Waals surface area contributed by atoms with Crippen LogP contribution in [-0.4, -0.2) is 109 Å². The highest BCUT2D eigenvalue weighted by atomic mass is 35.5. The topological polar surface area (TPSA) is 150 Å². The number of aromatic hydroxyl groups is 1. The second kappa shape index (κ2) is 21.3. The highest BCUT2D eigenvalue weighted by Gasteiger charge is 2.44. The number of carbonyl (C=O) groups is 3. The fraction of sp³-hybridized carbons (Fsp3) is 0.408. The van der Waals surface area contributed by atoms with Gasteiger partial charge in [-0.3, -0.25) is 14.4 Å². The molecule has 3 heterocycles. The van der Waals surface area contributed by atoms with Crippen LogP contribution in [0.25, 0.3) is 20.5 Å². The Hall–Kier alpha value is -5.09. The molecule has 2 aliphatic rings. The van der Waals surface area contributed by atoms with Gasteiger partial charge in [-0.2, -0.15) is 0 Å². The van der Waals surface area contributed by atoms with Gasteiger partial charge >= 0.3 is 0 Å². The Morgan fingerprint density at radius 3 is 2.33 bits per heavy atom. The van der Waals surface area contributed by atoms with Gasteiger partial charge in [0.1, 0.15) is 36.0 Å². The van der Waals surface area contributed by atoms with Crippen molar-refractivity contribution in [1.29, 1.82) is 0 Å². The molecule has 2 aliphatic heterocycles. The third-order valence-corrected chi connectivity index (χ3v) is 13.1. The number of phenolic OH excluding ortho intramolecular Hbond substituents is 1. The van der Waals surface area contributed by atoms with Gasteiger partial charge in [0.05, 0.1) is 30.8 Å². The predicted molar refractivity (Wildman–Crippen MR) is 246 cm³/mol. The standard InChI is InChI=1S/C49H56ClFN4O8S/c1-49(2,3)46(48(60)55-29-38(57)26-41(55)47(59)52-28-31-4-10-35(50)11-5-31)53-43(58)30-62-25-24-61-23-22-54-20-18-33(19-21-54)32-8-15-39(16-9-32)63-44-40-17-14-37(56)27-42(40)64-45(44)34-6-12-36(51)13-7-34/h4-17,27,33,38,41,46,56-57H,18-26,28-30H2,1-3H3,(H,52,59)(H,53,58)/t38-,41+,46-/m1/s1. The first-order valence-corrected chi connectivity index (χ1v) is 22.9. The molecule has 12 nitrogen and oxygen atoms in total. The van der Waals surface area contributed by atoms with Crippen LogP contribution in [0, 0.1) is 11.2 Å². The van der Waals surface area contributed by atoms with Crippen molar-refractivity contribution in [1.82, 2.24) is 20.4 Å². The lowest BCUT2D eigenvalue weighted by atomic mass is 9.85. The number of likely N-dealkylation sites (tertiary alicyclic amines) is 2. The molecule has 0 saturated carbocycles. The first kappa shape index (κ1) is 46.9. The highest BCUT2D eigenvalue weighted by Crippen LogP contribution is 2.47. The summed E-state index contributed by atoms with van der Waals surface area (Å²) in [5.74, 6) is 0.384. The average Bonchev–Trinajstić information content (AvgIpc) is 3.84. The van der Waals surface area contributed by atoms with Crippen LogP contribution in [0.3, 0.4) is 0 Å². The molecule has 3 atom stereocenters. The minimum Gasteiger partial charge on any atom is -0.508 e. The first-order valence-electron chi connectivity index (χ1n) is 21.7. The van der Waals surface area contributed by atoms with Crippen molar-refractivity contribution in [3.05, 3.63) is 113 Å². The maximum atomic E-state index is 13.8. The number of carbonyl (C=O) groups excluding carboxylic acids is 3. The van der Waals surface area contributed by atoms with Gasteiger partial charge in [0.2, 0.25) is 17.7 Å². The number of hydrogen-bond acceptors (Lipinski definition) is 10. The van der Waals surface area contributed by atoms with Crippen LogP contribution in [0.4, 0.5) is 4.39 Å². The first-order chi connectivity index (χ1) is 30.7. The van der Waals surface area contributed by atoms with Crippen LogP contribution < -0.4 is 15.4 Å². The summed E-state index contributed by atoms with van der Waals surface area (Å²) in [4.78, 5) is 44.6. The molecule has 4 N–H and O–H groups in total. The zero-order valence-electron chi connectivity index (χ0n) is 36.4. The van der Waals surface area contributed by atoms with Crippen molar-refractivity contribution in [2.75, 3.05) is 52.6 Å². The molecule has 0 aliphatic carbocycles. The lowest BCUT2D eigenvalue weighted by Crippen LogP contribution is -2.58.